The molecule has 53 heavy (non-hydrogen) atoms. The lowest BCUT2D eigenvalue weighted by atomic mass is 10.1. The summed E-state index contributed by atoms with van der Waals surface area (Å²) in [6.45, 7) is 8.67. The van der Waals surface area contributed by atoms with Crippen LogP contribution in [0.15, 0.2) is 127 Å². The van der Waals surface area contributed by atoms with E-state index >= 15 is 0 Å². The molecule has 5 aromatic rings. The Balaban J connectivity index is 0.968. The Kier molecular flexibility index (Phi) is 11.7. The molecular weight excluding hydrogens is 668 g/mol. The number of hydrogen-bond acceptors (Lipinski definition) is 4. The Morgan fingerprint density at radius 3 is 1.23 bits per heavy atom. The number of rotatable bonds is 11. The molecule has 0 aliphatic carbocycles. The zero-order valence-electron chi connectivity index (χ0n) is 30.1. The first kappa shape index (κ1) is 36.2. The monoisotopic (exact) mass is 714 g/mol. The summed E-state index contributed by atoms with van der Waals surface area (Å²) in [6, 6.07) is 43.0. The van der Waals surface area contributed by atoms with Crippen molar-refractivity contribution in [2.75, 3.05) is 62.2 Å². The summed E-state index contributed by atoms with van der Waals surface area (Å²) in [4.78, 5) is 9.75. The average Bonchev–Trinajstić information content (AvgIpc) is 3.18. The number of nitrogens with zero attached hydrogens (tertiary/aromatic N) is 5. The molecule has 1 aromatic heterocycles. The second-order valence-corrected chi connectivity index (χ2v) is 13.9. The number of alkyl halides is 3. The Morgan fingerprint density at radius 1 is 0.453 bits per heavy atom. The first-order valence-corrected chi connectivity index (χ1v) is 18.5. The molecule has 5 nitrogen and oxygen atoms in total. The van der Waals surface area contributed by atoms with Crippen LogP contribution in [0.2, 0.25) is 0 Å². The second kappa shape index (κ2) is 17.1. The second-order valence-electron chi connectivity index (χ2n) is 13.9. The van der Waals surface area contributed by atoms with Gasteiger partial charge in [0.1, 0.15) is 0 Å². The molecule has 0 bridgehead atoms. The van der Waals surface area contributed by atoms with Gasteiger partial charge in [-0.05, 0) is 64.7 Å². The minimum atomic E-state index is -4.36. The molecule has 0 spiro atoms. The van der Waals surface area contributed by atoms with Crippen molar-refractivity contribution in [3.05, 3.63) is 161 Å². The molecule has 2 aliphatic rings. The van der Waals surface area contributed by atoms with Gasteiger partial charge in [0.05, 0.1) is 0 Å². The lowest BCUT2D eigenvalue weighted by molar-refractivity contribution is -0.722. The van der Waals surface area contributed by atoms with Crippen LogP contribution < -0.4 is 14.4 Å². The van der Waals surface area contributed by atoms with Crippen LogP contribution in [0.5, 0.6) is 0 Å². The van der Waals surface area contributed by atoms with Gasteiger partial charge in [-0.3, -0.25) is 9.80 Å². The van der Waals surface area contributed by atoms with Crippen molar-refractivity contribution < 1.29 is 17.7 Å². The molecule has 0 amide bonds. The molecule has 0 unspecified atom stereocenters. The Labute approximate surface area is 311 Å². The minimum Gasteiger partial charge on any atom is -0.369 e. The third-order valence-corrected chi connectivity index (χ3v) is 10.1. The van der Waals surface area contributed by atoms with Crippen molar-refractivity contribution in [1.82, 2.24) is 9.80 Å². The number of pyridine rings is 1. The maximum Gasteiger partial charge on any atom is 0.448 e. The molecule has 272 valence electrons. The fourth-order valence-electron chi connectivity index (χ4n) is 7.19. The molecular formula is C45H47F3N5+. The molecule has 2 aliphatic heterocycles. The maximum atomic E-state index is 13.9. The van der Waals surface area contributed by atoms with E-state index in [0.717, 1.165) is 87.9 Å². The van der Waals surface area contributed by atoms with Gasteiger partial charge in [-0.1, -0.05) is 84.9 Å². The van der Waals surface area contributed by atoms with Gasteiger partial charge in [-0.2, -0.15) is 17.7 Å². The van der Waals surface area contributed by atoms with Gasteiger partial charge in [0.2, 0.25) is 17.9 Å². The third kappa shape index (κ3) is 10.2. The van der Waals surface area contributed by atoms with Crippen LogP contribution in [-0.4, -0.2) is 68.3 Å². The van der Waals surface area contributed by atoms with Crippen LogP contribution in [0, 0.1) is 0 Å². The fourth-order valence-corrected chi connectivity index (χ4v) is 7.19. The van der Waals surface area contributed by atoms with Crippen molar-refractivity contribution in [2.45, 2.75) is 25.8 Å². The molecule has 2 fully saturated rings. The van der Waals surface area contributed by atoms with Crippen molar-refractivity contribution in [3.63, 3.8) is 0 Å². The molecule has 8 heteroatoms. The van der Waals surface area contributed by atoms with Crippen molar-refractivity contribution in [3.8, 4) is 0 Å². The van der Waals surface area contributed by atoms with Crippen molar-refractivity contribution in [2.24, 2.45) is 0 Å². The Morgan fingerprint density at radius 2 is 0.849 bits per heavy atom. The summed E-state index contributed by atoms with van der Waals surface area (Å²) in [5, 5.41) is 0. The lowest BCUT2D eigenvalue weighted by Crippen LogP contribution is -2.46. The Hall–Kier alpha value is -5.18. The van der Waals surface area contributed by atoms with E-state index in [4.69, 9.17) is 0 Å². The summed E-state index contributed by atoms with van der Waals surface area (Å²) in [7, 11) is 0. The highest BCUT2D eigenvalue weighted by Crippen LogP contribution is 2.22. The van der Waals surface area contributed by atoms with Gasteiger partial charge >= 0.3 is 6.18 Å². The molecule has 0 atom stereocenters. The summed E-state index contributed by atoms with van der Waals surface area (Å²) in [6.07, 6.45) is 2.95. The van der Waals surface area contributed by atoms with Crippen LogP contribution in [0.4, 0.5) is 24.5 Å². The molecule has 0 radical (unpaired) electrons. The molecule has 2 saturated heterocycles. The smallest absolute Gasteiger partial charge is 0.369 e. The van der Waals surface area contributed by atoms with E-state index in [1.54, 1.807) is 24.3 Å². The quantitative estimate of drug-likeness (QED) is 0.128. The SMILES string of the molecule is FC(F)(F)C[n+]1c(/C=C/c2ccc(N3CCN(Cc4ccccc4)CC3)cc2)cccc1/C=C/c1ccc(N2CCN(Cc3ccccc3)CC2)cc1. The lowest BCUT2D eigenvalue weighted by Gasteiger charge is -2.36. The fraction of sp³-hybridized carbons (Fsp3) is 0.267. The predicted octanol–water partition coefficient (Wildman–Crippen LogP) is 8.52. The van der Waals surface area contributed by atoms with E-state index in [2.05, 4.69) is 92.4 Å². The summed E-state index contributed by atoms with van der Waals surface area (Å²) in [5.74, 6) is 0. The largest absolute Gasteiger partial charge is 0.448 e. The topological polar surface area (TPSA) is 16.8 Å². The van der Waals surface area contributed by atoms with E-state index in [0.29, 0.717) is 11.4 Å². The highest BCUT2D eigenvalue weighted by Gasteiger charge is 2.35. The zero-order chi connectivity index (χ0) is 36.5. The van der Waals surface area contributed by atoms with Crippen molar-refractivity contribution in [1.29, 1.82) is 0 Å². The number of aromatic nitrogens is 1. The normalized spacial score (nSPS) is 16.2. The zero-order valence-corrected chi connectivity index (χ0v) is 30.1. The number of benzene rings is 4. The first-order chi connectivity index (χ1) is 25.8. The van der Waals surface area contributed by atoms with Crippen LogP contribution in [-0.2, 0) is 19.6 Å². The predicted molar refractivity (Wildman–Crippen MR) is 211 cm³/mol. The average molecular weight is 715 g/mol. The summed E-state index contributed by atoms with van der Waals surface area (Å²) < 4.78 is 42.9. The van der Waals surface area contributed by atoms with Gasteiger partial charge in [0.25, 0.3) is 0 Å². The number of hydrogen-bond donors (Lipinski definition) is 0. The Bertz CT molecular complexity index is 1810. The highest BCUT2D eigenvalue weighted by molar-refractivity contribution is 5.70. The van der Waals surface area contributed by atoms with Gasteiger partial charge in [0, 0.05) is 101 Å². The van der Waals surface area contributed by atoms with Gasteiger partial charge in [-0.15, -0.1) is 0 Å². The highest BCUT2D eigenvalue weighted by atomic mass is 19.4. The molecule has 0 saturated carbocycles. The van der Waals surface area contributed by atoms with Crippen LogP contribution >= 0.6 is 0 Å². The molecule has 7 rings (SSSR count). The number of piperazine rings is 2. The maximum absolute atomic E-state index is 13.9. The molecule has 0 N–H and O–H groups in total. The van der Waals surface area contributed by atoms with Crippen LogP contribution in [0.25, 0.3) is 24.3 Å². The van der Waals surface area contributed by atoms with E-state index in [9.17, 15) is 13.2 Å². The van der Waals surface area contributed by atoms with Gasteiger partial charge in [-0.25, -0.2) is 0 Å². The van der Waals surface area contributed by atoms with Gasteiger partial charge < -0.3 is 9.80 Å². The molecule has 4 aromatic carbocycles. The van der Waals surface area contributed by atoms with Crippen molar-refractivity contribution >= 4 is 35.7 Å². The first-order valence-electron chi connectivity index (χ1n) is 18.5. The standard InChI is InChI=1S/C45H47F3N5/c46-45(47,48)36-53-43(24-18-37-14-20-41(21-15-37)51-30-26-49(27-31-51)34-39-8-3-1-4-9-39)12-7-13-44(53)25-19-38-16-22-42(23-17-38)52-32-28-50(29-33-52)35-40-10-5-2-6-11-40/h1-25H,26-36H2/q+1. The summed E-state index contributed by atoms with van der Waals surface area (Å²) >= 11 is 0. The van der Waals surface area contributed by atoms with Crippen LogP contribution in [0.1, 0.15) is 33.6 Å². The van der Waals surface area contributed by atoms with Gasteiger partial charge in [0.15, 0.2) is 0 Å². The number of halogens is 3. The molecule has 3 heterocycles. The van der Waals surface area contributed by atoms with Crippen LogP contribution in [0.3, 0.4) is 0 Å². The van der Waals surface area contributed by atoms with E-state index < -0.39 is 12.7 Å². The minimum absolute atomic E-state index is 0.491. The number of anilines is 2. The van der Waals surface area contributed by atoms with E-state index in [-0.39, 0.29) is 0 Å². The third-order valence-electron chi connectivity index (χ3n) is 10.1. The van der Waals surface area contributed by atoms with E-state index in [1.165, 1.54) is 15.7 Å². The van der Waals surface area contributed by atoms with E-state index in [1.807, 2.05) is 54.6 Å². The summed E-state index contributed by atoms with van der Waals surface area (Å²) in [5.41, 5.74) is 7.85.